The van der Waals surface area contributed by atoms with E-state index in [4.69, 9.17) is 15.2 Å². The second kappa shape index (κ2) is 7.59. The zero-order valence-electron chi connectivity index (χ0n) is 13.5. The molecule has 4 nitrogen and oxygen atoms in total. The minimum atomic E-state index is 0.583. The van der Waals surface area contributed by atoms with Crippen LogP contribution in [0.2, 0.25) is 0 Å². The van der Waals surface area contributed by atoms with Crippen LogP contribution in [0.3, 0.4) is 0 Å². The van der Waals surface area contributed by atoms with Crippen LogP contribution in [0, 0.1) is 0 Å². The molecule has 0 aliphatic heterocycles. The quantitative estimate of drug-likeness (QED) is 0.792. The Kier molecular flexibility index (Phi) is 5.53. The molecule has 0 aromatic heterocycles. The van der Waals surface area contributed by atoms with Crippen molar-refractivity contribution < 1.29 is 9.47 Å². The molecule has 22 heavy (non-hydrogen) atoms. The molecule has 2 aromatic rings. The molecule has 0 radical (unpaired) electrons. The van der Waals surface area contributed by atoms with Crippen LogP contribution in [0.4, 0.5) is 11.4 Å². The van der Waals surface area contributed by atoms with Gasteiger partial charge in [0.1, 0.15) is 11.5 Å². The summed E-state index contributed by atoms with van der Waals surface area (Å²) in [7, 11) is 2.04. The summed E-state index contributed by atoms with van der Waals surface area (Å²) in [5, 5.41) is 0. The van der Waals surface area contributed by atoms with Gasteiger partial charge in [0.15, 0.2) is 0 Å². The predicted octanol–water partition coefficient (Wildman–Crippen LogP) is 3.70. The lowest BCUT2D eigenvalue weighted by atomic mass is 10.2. The van der Waals surface area contributed by atoms with Crippen molar-refractivity contribution in [1.29, 1.82) is 0 Å². The second-order valence-electron chi connectivity index (χ2n) is 5.07. The maximum absolute atomic E-state index is 6.04. The number of hydrogen-bond donors (Lipinski definition) is 1. The van der Waals surface area contributed by atoms with Crippen LogP contribution >= 0.6 is 0 Å². The molecule has 0 unspecified atom stereocenters. The van der Waals surface area contributed by atoms with Gasteiger partial charge in [-0.25, -0.2) is 0 Å². The summed E-state index contributed by atoms with van der Waals surface area (Å²) >= 11 is 0. The third-order valence-corrected chi connectivity index (χ3v) is 3.36. The molecule has 0 saturated heterocycles. The summed E-state index contributed by atoms with van der Waals surface area (Å²) in [5.74, 6) is 1.47. The Morgan fingerprint density at radius 2 is 1.59 bits per heavy atom. The van der Waals surface area contributed by atoms with Crippen LogP contribution < -0.4 is 20.1 Å². The minimum Gasteiger partial charge on any atom is -0.492 e. The number of hydrogen-bond acceptors (Lipinski definition) is 4. The van der Waals surface area contributed by atoms with Crippen molar-refractivity contribution in [1.82, 2.24) is 0 Å². The van der Waals surface area contributed by atoms with E-state index in [2.05, 4.69) is 17.0 Å². The fourth-order valence-electron chi connectivity index (χ4n) is 2.36. The summed E-state index contributed by atoms with van der Waals surface area (Å²) in [6.45, 7) is 5.88. The number of nitrogens with zero attached hydrogens (tertiary/aromatic N) is 1. The van der Waals surface area contributed by atoms with Gasteiger partial charge in [-0.2, -0.15) is 0 Å². The Morgan fingerprint density at radius 3 is 2.23 bits per heavy atom. The first-order valence-corrected chi connectivity index (χ1v) is 7.59. The molecule has 2 rings (SSSR count). The Bertz CT molecular complexity index is 600. The third kappa shape index (κ3) is 3.85. The summed E-state index contributed by atoms with van der Waals surface area (Å²) in [6, 6.07) is 14.1. The molecule has 0 fully saturated rings. The molecule has 0 aliphatic carbocycles. The lowest BCUT2D eigenvalue weighted by Crippen LogP contribution is -2.18. The Morgan fingerprint density at radius 1 is 0.955 bits per heavy atom. The zero-order chi connectivity index (χ0) is 15.9. The number of rotatable bonds is 7. The van der Waals surface area contributed by atoms with E-state index < -0.39 is 0 Å². The molecule has 4 heteroatoms. The minimum absolute atomic E-state index is 0.583. The van der Waals surface area contributed by atoms with Gasteiger partial charge in [-0.15, -0.1) is 0 Å². The van der Waals surface area contributed by atoms with Gasteiger partial charge in [0.25, 0.3) is 0 Å². The van der Waals surface area contributed by atoms with Gasteiger partial charge in [-0.05, 0) is 19.4 Å². The molecule has 0 atom stereocenters. The number of anilines is 2. The van der Waals surface area contributed by atoms with Gasteiger partial charge < -0.3 is 20.1 Å². The SMILES string of the molecule is CCOc1cc(N(C)Cc2ccccc2)c(OCC)cc1N. The summed E-state index contributed by atoms with van der Waals surface area (Å²) in [4.78, 5) is 2.14. The molecule has 0 saturated carbocycles. The van der Waals surface area contributed by atoms with Crippen LogP contribution in [0.25, 0.3) is 0 Å². The smallest absolute Gasteiger partial charge is 0.144 e. The Balaban J connectivity index is 2.31. The largest absolute Gasteiger partial charge is 0.492 e. The van der Waals surface area contributed by atoms with Crippen molar-refractivity contribution in [3.8, 4) is 11.5 Å². The molecule has 0 aliphatic rings. The molecule has 118 valence electrons. The van der Waals surface area contributed by atoms with Crippen molar-refractivity contribution >= 4 is 11.4 Å². The zero-order valence-corrected chi connectivity index (χ0v) is 13.5. The molecule has 2 aromatic carbocycles. The highest BCUT2D eigenvalue weighted by Crippen LogP contribution is 2.37. The predicted molar refractivity (Wildman–Crippen MR) is 91.7 cm³/mol. The van der Waals surface area contributed by atoms with Crippen molar-refractivity contribution in [2.75, 3.05) is 30.9 Å². The maximum atomic E-state index is 6.04. The molecule has 0 amide bonds. The number of nitrogen functional groups attached to an aromatic ring is 1. The molecule has 0 heterocycles. The molecular formula is C18H24N2O2. The van der Waals surface area contributed by atoms with E-state index in [1.54, 1.807) is 0 Å². The maximum Gasteiger partial charge on any atom is 0.144 e. The van der Waals surface area contributed by atoms with Crippen LogP contribution in [0.15, 0.2) is 42.5 Å². The number of benzene rings is 2. The van der Waals surface area contributed by atoms with E-state index in [0.717, 1.165) is 18.0 Å². The Hall–Kier alpha value is -2.36. The van der Waals surface area contributed by atoms with Gasteiger partial charge in [-0.3, -0.25) is 0 Å². The Labute approximate surface area is 132 Å². The normalized spacial score (nSPS) is 10.3. The summed E-state index contributed by atoms with van der Waals surface area (Å²) in [5.41, 5.74) is 8.85. The van der Waals surface area contributed by atoms with Gasteiger partial charge in [0, 0.05) is 25.7 Å². The second-order valence-corrected chi connectivity index (χ2v) is 5.07. The number of nitrogens with two attached hydrogens (primary N) is 1. The molecule has 2 N–H and O–H groups in total. The van der Waals surface area contributed by atoms with E-state index in [-0.39, 0.29) is 0 Å². The molecular weight excluding hydrogens is 276 g/mol. The van der Waals surface area contributed by atoms with E-state index in [9.17, 15) is 0 Å². The van der Waals surface area contributed by atoms with Crippen molar-refractivity contribution in [3.05, 3.63) is 48.0 Å². The fourth-order valence-corrected chi connectivity index (χ4v) is 2.36. The topological polar surface area (TPSA) is 47.7 Å². The van der Waals surface area contributed by atoms with Gasteiger partial charge in [0.2, 0.25) is 0 Å². The van der Waals surface area contributed by atoms with Crippen molar-refractivity contribution in [2.24, 2.45) is 0 Å². The van der Waals surface area contributed by atoms with Crippen LogP contribution in [-0.4, -0.2) is 20.3 Å². The lowest BCUT2D eigenvalue weighted by molar-refractivity contribution is 0.332. The van der Waals surface area contributed by atoms with E-state index in [1.807, 2.05) is 51.2 Å². The van der Waals surface area contributed by atoms with Gasteiger partial charge in [-0.1, -0.05) is 30.3 Å². The summed E-state index contributed by atoms with van der Waals surface area (Å²) < 4.78 is 11.3. The van der Waals surface area contributed by atoms with Crippen LogP contribution in [0.1, 0.15) is 19.4 Å². The van der Waals surface area contributed by atoms with E-state index in [1.165, 1.54) is 5.56 Å². The van der Waals surface area contributed by atoms with Crippen LogP contribution in [-0.2, 0) is 6.54 Å². The highest BCUT2D eigenvalue weighted by molar-refractivity contribution is 5.70. The average molecular weight is 300 g/mol. The standard InChI is InChI=1S/C18H24N2O2/c1-4-21-17-12-16(18(22-5-2)11-15(17)19)20(3)13-14-9-7-6-8-10-14/h6-12H,4-5,13,19H2,1-3H3. The monoisotopic (exact) mass is 300 g/mol. The van der Waals surface area contributed by atoms with Gasteiger partial charge >= 0.3 is 0 Å². The first kappa shape index (κ1) is 16.0. The van der Waals surface area contributed by atoms with E-state index in [0.29, 0.717) is 24.7 Å². The highest BCUT2D eigenvalue weighted by Gasteiger charge is 2.14. The number of ether oxygens (including phenoxy) is 2. The third-order valence-electron chi connectivity index (χ3n) is 3.36. The van der Waals surface area contributed by atoms with Crippen LogP contribution in [0.5, 0.6) is 11.5 Å². The first-order chi connectivity index (χ1) is 10.7. The first-order valence-electron chi connectivity index (χ1n) is 7.59. The lowest BCUT2D eigenvalue weighted by Gasteiger charge is -2.24. The van der Waals surface area contributed by atoms with Crippen molar-refractivity contribution in [3.63, 3.8) is 0 Å². The molecule has 0 bridgehead atoms. The van der Waals surface area contributed by atoms with Crippen molar-refractivity contribution in [2.45, 2.75) is 20.4 Å². The van der Waals surface area contributed by atoms with E-state index >= 15 is 0 Å². The summed E-state index contributed by atoms with van der Waals surface area (Å²) in [6.07, 6.45) is 0. The van der Waals surface area contributed by atoms with Gasteiger partial charge in [0.05, 0.1) is 24.6 Å². The molecule has 0 spiro atoms. The fraction of sp³-hybridized carbons (Fsp3) is 0.333. The average Bonchev–Trinajstić information content (AvgIpc) is 2.51. The highest BCUT2D eigenvalue weighted by atomic mass is 16.5.